The Labute approximate surface area is 174 Å². The van der Waals surface area contributed by atoms with E-state index in [1.54, 1.807) is 12.1 Å². The molecule has 2 aromatic rings. The smallest absolute Gasteiger partial charge is 0.238 e. The van der Waals surface area contributed by atoms with Gasteiger partial charge in [-0.05, 0) is 48.9 Å². The van der Waals surface area contributed by atoms with E-state index in [0.29, 0.717) is 24.1 Å². The van der Waals surface area contributed by atoms with Gasteiger partial charge < -0.3 is 10.4 Å². The third-order valence-electron chi connectivity index (χ3n) is 4.67. The van der Waals surface area contributed by atoms with Crippen LogP contribution in [0.4, 0.5) is 0 Å². The fourth-order valence-corrected chi connectivity index (χ4v) is 3.92. The van der Waals surface area contributed by atoms with Crippen molar-refractivity contribution in [2.75, 3.05) is 6.54 Å². The highest BCUT2D eigenvalue weighted by molar-refractivity contribution is 7.89. The molecule has 0 radical (unpaired) electrons. The van der Waals surface area contributed by atoms with Crippen molar-refractivity contribution in [1.29, 1.82) is 0 Å². The number of hydrogen-bond donors (Lipinski definition) is 3. The van der Waals surface area contributed by atoms with E-state index in [1.807, 2.05) is 25.1 Å². The molecule has 0 heterocycles. The second-order valence-electron chi connectivity index (χ2n) is 7.01. The van der Waals surface area contributed by atoms with Crippen LogP contribution in [0.3, 0.4) is 0 Å². The van der Waals surface area contributed by atoms with Crippen molar-refractivity contribution in [3.05, 3.63) is 65.2 Å². The Hall–Kier alpha value is -1.44. The van der Waals surface area contributed by atoms with Crippen LogP contribution in [0.25, 0.3) is 0 Å². The summed E-state index contributed by atoms with van der Waals surface area (Å²) in [5.41, 5.74) is 2.54. The highest BCUT2D eigenvalue weighted by atomic mass is 35.5. The Morgan fingerprint density at radius 1 is 1.11 bits per heavy atom. The molecule has 0 saturated carbocycles. The third kappa shape index (κ3) is 7.53. The minimum atomic E-state index is -3.81. The van der Waals surface area contributed by atoms with Gasteiger partial charge in [0.25, 0.3) is 0 Å². The number of aliphatic hydroxyl groups is 1. The summed E-state index contributed by atoms with van der Waals surface area (Å²) in [6.07, 6.45) is 2.59. The van der Waals surface area contributed by atoms with Crippen molar-refractivity contribution in [1.82, 2.24) is 5.32 Å². The van der Waals surface area contributed by atoms with Crippen molar-refractivity contribution in [2.24, 2.45) is 5.14 Å². The average molecular weight is 427 g/mol. The molecule has 7 heteroatoms. The Kier molecular flexibility index (Phi) is 10.1. The second-order valence-corrected chi connectivity index (χ2v) is 8.54. The summed E-state index contributed by atoms with van der Waals surface area (Å²) >= 11 is 0. The van der Waals surface area contributed by atoms with Gasteiger partial charge >= 0.3 is 0 Å². The monoisotopic (exact) mass is 426 g/mol. The number of hydrogen-bond acceptors (Lipinski definition) is 4. The van der Waals surface area contributed by atoms with E-state index in [0.717, 1.165) is 19.3 Å². The van der Waals surface area contributed by atoms with E-state index < -0.39 is 16.1 Å². The quantitative estimate of drug-likeness (QED) is 0.543. The van der Waals surface area contributed by atoms with Gasteiger partial charge in [0.15, 0.2) is 0 Å². The fourth-order valence-electron chi connectivity index (χ4n) is 3.08. The molecule has 5 nitrogen and oxygen atoms in total. The predicted molar refractivity (Wildman–Crippen MR) is 116 cm³/mol. The molecule has 0 spiro atoms. The molecule has 0 amide bonds. The summed E-state index contributed by atoms with van der Waals surface area (Å²) in [4.78, 5) is 0.109. The molecule has 2 aromatic carbocycles. The lowest BCUT2D eigenvalue weighted by molar-refractivity contribution is 0.169. The Morgan fingerprint density at radius 2 is 1.79 bits per heavy atom. The second kappa shape index (κ2) is 11.5. The number of benzene rings is 2. The largest absolute Gasteiger partial charge is 0.387 e. The topological polar surface area (TPSA) is 92.4 Å². The van der Waals surface area contributed by atoms with Gasteiger partial charge in [0.1, 0.15) is 0 Å². The molecular weight excluding hydrogens is 396 g/mol. The highest BCUT2D eigenvalue weighted by Crippen LogP contribution is 2.22. The summed E-state index contributed by atoms with van der Waals surface area (Å²) in [5.74, 6) is 0. The Balaban J connectivity index is 0.00000392. The van der Waals surface area contributed by atoms with Crippen molar-refractivity contribution in [3.63, 3.8) is 0 Å². The summed E-state index contributed by atoms with van der Waals surface area (Å²) in [6.45, 7) is 4.42. The normalized spacial score (nSPS) is 13.6. The molecule has 0 fully saturated rings. The maximum atomic E-state index is 11.9. The first-order valence-electron chi connectivity index (χ1n) is 9.42. The molecule has 0 aliphatic carbocycles. The molecule has 28 heavy (non-hydrogen) atoms. The number of nitrogens with two attached hydrogens (primary N) is 1. The van der Waals surface area contributed by atoms with Gasteiger partial charge in [-0.3, -0.25) is 0 Å². The summed E-state index contributed by atoms with van der Waals surface area (Å²) < 4.78 is 23.7. The predicted octanol–water partition coefficient (Wildman–Crippen LogP) is 3.35. The van der Waals surface area contributed by atoms with Crippen molar-refractivity contribution < 1.29 is 13.5 Å². The number of nitrogens with one attached hydrogen (secondary N) is 1. The standard InChI is InChI=1S/C21H30N2O3S.ClH/c1-3-7-18-12-13-19(14-21(18)27(22,25)26)20(24)15-23-16(2)10-11-17-8-5-4-6-9-17;/h4-6,8-9,12-14,16,20,23-24H,3,7,10-11,15H2,1-2H3,(H2,22,25,26);1H. The first-order valence-corrected chi connectivity index (χ1v) is 11.0. The van der Waals surface area contributed by atoms with Crippen LogP contribution in [-0.4, -0.2) is 26.1 Å². The first kappa shape index (κ1) is 24.6. The van der Waals surface area contributed by atoms with Crippen molar-refractivity contribution >= 4 is 22.4 Å². The van der Waals surface area contributed by atoms with E-state index in [-0.39, 0.29) is 23.3 Å². The van der Waals surface area contributed by atoms with Crippen LogP contribution in [0, 0.1) is 0 Å². The SMILES string of the molecule is CCCc1ccc(C(O)CNC(C)CCc2ccccc2)cc1S(N)(=O)=O.Cl. The van der Waals surface area contributed by atoms with Crippen LogP contribution in [0.2, 0.25) is 0 Å². The van der Waals surface area contributed by atoms with Crippen LogP contribution in [0.5, 0.6) is 0 Å². The number of rotatable bonds is 10. The minimum absolute atomic E-state index is 0. The first-order chi connectivity index (χ1) is 12.8. The molecule has 2 atom stereocenters. The zero-order valence-corrected chi connectivity index (χ0v) is 18.1. The van der Waals surface area contributed by atoms with Crippen molar-refractivity contribution in [2.45, 2.75) is 56.6 Å². The van der Waals surface area contributed by atoms with Crippen molar-refractivity contribution in [3.8, 4) is 0 Å². The van der Waals surface area contributed by atoms with E-state index in [4.69, 9.17) is 5.14 Å². The van der Waals surface area contributed by atoms with Crippen LogP contribution >= 0.6 is 12.4 Å². The van der Waals surface area contributed by atoms with Crippen LogP contribution in [0.1, 0.15) is 49.5 Å². The van der Waals surface area contributed by atoms with Gasteiger partial charge in [0.05, 0.1) is 11.0 Å². The Bertz CT molecular complexity index is 829. The lowest BCUT2D eigenvalue weighted by Crippen LogP contribution is -2.31. The minimum Gasteiger partial charge on any atom is -0.387 e. The molecule has 0 aliphatic heterocycles. The molecular formula is C21H31ClN2O3S. The molecule has 0 bridgehead atoms. The van der Waals surface area contributed by atoms with Gasteiger partial charge in [-0.1, -0.05) is 55.8 Å². The number of aryl methyl sites for hydroxylation is 2. The average Bonchev–Trinajstić information content (AvgIpc) is 2.65. The van der Waals surface area contributed by atoms with E-state index >= 15 is 0 Å². The zero-order valence-electron chi connectivity index (χ0n) is 16.5. The number of halogens is 1. The fraction of sp³-hybridized carbons (Fsp3) is 0.429. The molecule has 2 unspecified atom stereocenters. The zero-order chi connectivity index (χ0) is 19.9. The molecule has 0 aromatic heterocycles. The molecule has 0 saturated heterocycles. The highest BCUT2D eigenvalue weighted by Gasteiger charge is 2.17. The number of primary sulfonamides is 1. The number of aliphatic hydroxyl groups excluding tert-OH is 1. The maximum Gasteiger partial charge on any atom is 0.238 e. The van der Waals surface area contributed by atoms with Gasteiger partial charge in [-0.2, -0.15) is 0 Å². The van der Waals surface area contributed by atoms with Crippen LogP contribution < -0.4 is 10.5 Å². The molecule has 156 valence electrons. The number of sulfonamides is 1. The lowest BCUT2D eigenvalue weighted by atomic mass is 10.0. The van der Waals surface area contributed by atoms with E-state index in [9.17, 15) is 13.5 Å². The van der Waals surface area contributed by atoms with Gasteiger partial charge in [-0.15, -0.1) is 12.4 Å². The lowest BCUT2D eigenvalue weighted by Gasteiger charge is -2.18. The summed E-state index contributed by atoms with van der Waals surface area (Å²) in [7, 11) is -3.81. The maximum absolute atomic E-state index is 11.9. The molecule has 0 aliphatic rings. The van der Waals surface area contributed by atoms with Crippen LogP contribution in [-0.2, 0) is 22.9 Å². The van der Waals surface area contributed by atoms with E-state index in [1.165, 1.54) is 11.6 Å². The molecule has 2 rings (SSSR count). The third-order valence-corrected chi connectivity index (χ3v) is 5.66. The van der Waals surface area contributed by atoms with Gasteiger partial charge in [-0.25, -0.2) is 13.6 Å². The Morgan fingerprint density at radius 3 is 2.39 bits per heavy atom. The van der Waals surface area contributed by atoms with E-state index in [2.05, 4.69) is 24.4 Å². The van der Waals surface area contributed by atoms with Crippen LogP contribution in [0.15, 0.2) is 53.4 Å². The van der Waals surface area contributed by atoms with Gasteiger partial charge in [0.2, 0.25) is 10.0 Å². The molecule has 4 N–H and O–H groups in total. The summed E-state index contributed by atoms with van der Waals surface area (Å²) in [6, 6.07) is 15.5. The van der Waals surface area contributed by atoms with Gasteiger partial charge in [0, 0.05) is 12.6 Å². The summed E-state index contributed by atoms with van der Waals surface area (Å²) in [5, 5.41) is 19.1.